The summed E-state index contributed by atoms with van der Waals surface area (Å²) in [6, 6.07) is 3.34. The van der Waals surface area contributed by atoms with Crippen molar-refractivity contribution in [1.29, 1.82) is 0 Å². The maximum Gasteiger partial charge on any atom is 0.231 e. The van der Waals surface area contributed by atoms with Gasteiger partial charge in [-0.1, -0.05) is 15.9 Å². The average Bonchev–Trinajstić information content (AvgIpc) is 2.49. The van der Waals surface area contributed by atoms with Crippen LogP contribution in [0.4, 0.5) is 0 Å². The highest BCUT2D eigenvalue weighted by atomic mass is 79.9. The first-order valence-electron chi connectivity index (χ1n) is 3.48. The monoisotopic (exact) mass is 230 g/mol. The normalized spacial score (nSPS) is 13.4. The zero-order chi connectivity index (χ0) is 8.55. The Morgan fingerprint density at radius 1 is 1.33 bits per heavy atom. The summed E-state index contributed by atoms with van der Waals surface area (Å²) in [7, 11) is 0. The maximum absolute atomic E-state index is 9.41. The molecule has 0 aliphatic carbocycles. The third-order valence-corrected chi connectivity index (χ3v) is 2.32. The summed E-state index contributed by atoms with van der Waals surface area (Å²) in [6.07, 6.45) is 0. The average molecular weight is 231 g/mol. The minimum Gasteiger partial charge on any atom is -0.507 e. The van der Waals surface area contributed by atoms with Gasteiger partial charge in [0.1, 0.15) is 5.75 Å². The summed E-state index contributed by atoms with van der Waals surface area (Å²) in [5.74, 6) is 1.54. The van der Waals surface area contributed by atoms with Crippen LogP contribution in [0.25, 0.3) is 0 Å². The molecule has 0 saturated heterocycles. The van der Waals surface area contributed by atoms with Crippen molar-refractivity contribution in [3.05, 3.63) is 17.7 Å². The fourth-order valence-corrected chi connectivity index (χ4v) is 1.53. The molecule has 0 saturated carbocycles. The standard InChI is InChI=1S/C8H7BrO3/c9-3-5-1-7-8(2-6(5)10)12-4-11-7/h1-2,10H,3-4H2. The van der Waals surface area contributed by atoms with Gasteiger partial charge in [-0.05, 0) is 6.07 Å². The molecule has 2 rings (SSSR count). The highest BCUT2D eigenvalue weighted by molar-refractivity contribution is 9.08. The minimum atomic E-state index is 0.233. The summed E-state index contributed by atoms with van der Waals surface area (Å²) in [6.45, 7) is 0.237. The molecule has 0 amide bonds. The number of halogens is 1. The lowest BCUT2D eigenvalue weighted by atomic mass is 10.2. The topological polar surface area (TPSA) is 38.7 Å². The molecule has 0 spiro atoms. The minimum absolute atomic E-state index is 0.233. The second kappa shape index (κ2) is 2.86. The van der Waals surface area contributed by atoms with Gasteiger partial charge in [0.05, 0.1) is 0 Å². The fraction of sp³-hybridized carbons (Fsp3) is 0.250. The van der Waals surface area contributed by atoms with E-state index >= 15 is 0 Å². The fourth-order valence-electron chi connectivity index (χ4n) is 1.08. The van der Waals surface area contributed by atoms with E-state index in [0.29, 0.717) is 16.8 Å². The first kappa shape index (κ1) is 7.73. The number of aromatic hydroxyl groups is 1. The van der Waals surface area contributed by atoms with E-state index in [1.165, 1.54) is 0 Å². The van der Waals surface area contributed by atoms with Crippen molar-refractivity contribution in [2.75, 3.05) is 6.79 Å². The third kappa shape index (κ3) is 1.12. The van der Waals surface area contributed by atoms with Crippen LogP contribution in [0, 0.1) is 0 Å². The first-order valence-corrected chi connectivity index (χ1v) is 4.61. The quantitative estimate of drug-likeness (QED) is 0.751. The number of benzene rings is 1. The van der Waals surface area contributed by atoms with Crippen molar-refractivity contribution in [2.45, 2.75) is 5.33 Å². The number of fused-ring (bicyclic) bond motifs is 1. The predicted molar refractivity (Wildman–Crippen MR) is 46.9 cm³/mol. The second-order valence-corrected chi connectivity index (χ2v) is 3.03. The van der Waals surface area contributed by atoms with E-state index in [4.69, 9.17) is 9.47 Å². The number of rotatable bonds is 1. The summed E-state index contributed by atoms with van der Waals surface area (Å²) in [5, 5.41) is 10.0. The molecule has 0 aromatic heterocycles. The van der Waals surface area contributed by atoms with Crippen molar-refractivity contribution in [1.82, 2.24) is 0 Å². The number of phenols is 1. The first-order chi connectivity index (χ1) is 5.81. The van der Waals surface area contributed by atoms with Crippen LogP contribution in [0.3, 0.4) is 0 Å². The van der Waals surface area contributed by atoms with Crippen molar-refractivity contribution in [3.63, 3.8) is 0 Å². The molecule has 1 aromatic carbocycles. The van der Waals surface area contributed by atoms with Crippen LogP contribution in [0.1, 0.15) is 5.56 Å². The Bertz CT molecular complexity index is 311. The highest BCUT2D eigenvalue weighted by Crippen LogP contribution is 2.38. The molecule has 1 aliphatic heterocycles. The number of hydrogen-bond acceptors (Lipinski definition) is 3. The SMILES string of the molecule is Oc1cc2c(cc1CBr)OCO2. The molecule has 0 atom stereocenters. The maximum atomic E-state index is 9.41. The molecule has 1 heterocycles. The summed E-state index contributed by atoms with van der Waals surface area (Å²) in [5.41, 5.74) is 0.805. The zero-order valence-corrected chi connectivity index (χ0v) is 7.80. The zero-order valence-electron chi connectivity index (χ0n) is 6.21. The lowest BCUT2D eigenvalue weighted by Gasteiger charge is -2.01. The van der Waals surface area contributed by atoms with Crippen LogP contribution < -0.4 is 9.47 Å². The van der Waals surface area contributed by atoms with E-state index in [0.717, 1.165) is 5.56 Å². The molecule has 4 heteroatoms. The molecule has 64 valence electrons. The molecular weight excluding hydrogens is 224 g/mol. The number of alkyl halides is 1. The summed E-state index contributed by atoms with van der Waals surface area (Å²) in [4.78, 5) is 0. The van der Waals surface area contributed by atoms with Gasteiger partial charge in [-0.25, -0.2) is 0 Å². The van der Waals surface area contributed by atoms with E-state index in [2.05, 4.69) is 15.9 Å². The van der Waals surface area contributed by atoms with Gasteiger partial charge in [-0.3, -0.25) is 0 Å². The second-order valence-electron chi connectivity index (χ2n) is 2.47. The van der Waals surface area contributed by atoms with Gasteiger partial charge in [-0.2, -0.15) is 0 Å². The van der Waals surface area contributed by atoms with E-state index in [1.807, 2.05) is 0 Å². The van der Waals surface area contributed by atoms with E-state index in [1.54, 1.807) is 12.1 Å². The lowest BCUT2D eigenvalue weighted by molar-refractivity contribution is 0.174. The van der Waals surface area contributed by atoms with Crippen LogP contribution in [-0.2, 0) is 5.33 Å². The molecule has 0 radical (unpaired) electrons. The molecule has 0 fully saturated rings. The lowest BCUT2D eigenvalue weighted by Crippen LogP contribution is -1.92. The Balaban J connectivity index is 2.49. The Labute approximate surface area is 78.0 Å². The van der Waals surface area contributed by atoms with Crippen molar-refractivity contribution >= 4 is 15.9 Å². The number of phenolic OH excluding ortho intramolecular Hbond substituents is 1. The van der Waals surface area contributed by atoms with Gasteiger partial charge < -0.3 is 14.6 Å². The van der Waals surface area contributed by atoms with Gasteiger partial charge >= 0.3 is 0 Å². The van der Waals surface area contributed by atoms with Crippen LogP contribution in [0.2, 0.25) is 0 Å². The predicted octanol–water partition coefficient (Wildman–Crippen LogP) is 2.02. The van der Waals surface area contributed by atoms with Gasteiger partial charge in [0.2, 0.25) is 6.79 Å². The molecule has 0 bridgehead atoms. The van der Waals surface area contributed by atoms with Gasteiger partial charge in [0, 0.05) is 17.0 Å². The van der Waals surface area contributed by atoms with Gasteiger partial charge in [0.25, 0.3) is 0 Å². The third-order valence-electron chi connectivity index (χ3n) is 1.72. The Kier molecular flexibility index (Phi) is 1.84. The van der Waals surface area contributed by atoms with Crippen molar-refractivity contribution in [2.24, 2.45) is 0 Å². The molecule has 0 unspecified atom stereocenters. The molecule has 3 nitrogen and oxygen atoms in total. The van der Waals surface area contributed by atoms with E-state index in [9.17, 15) is 5.11 Å². The van der Waals surface area contributed by atoms with Crippen LogP contribution in [0.5, 0.6) is 17.2 Å². The molecule has 1 N–H and O–H groups in total. The van der Waals surface area contributed by atoms with Crippen LogP contribution in [-0.4, -0.2) is 11.9 Å². The Hall–Kier alpha value is -0.900. The molecular formula is C8H7BrO3. The summed E-state index contributed by atoms with van der Waals surface area (Å²) < 4.78 is 10.2. The van der Waals surface area contributed by atoms with Crippen LogP contribution in [0.15, 0.2) is 12.1 Å². The summed E-state index contributed by atoms with van der Waals surface area (Å²) >= 11 is 3.26. The number of hydrogen-bond donors (Lipinski definition) is 1. The number of ether oxygens (including phenoxy) is 2. The molecule has 12 heavy (non-hydrogen) atoms. The van der Waals surface area contributed by atoms with Crippen molar-refractivity contribution in [3.8, 4) is 17.2 Å². The Morgan fingerprint density at radius 2 is 2.00 bits per heavy atom. The van der Waals surface area contributed by atoms with E-state index in [-0.39, 0.29) is 12.5 Å². The van der Waals surface area contributed by atoms with Gasteiger partial charge in [-0.15, -0.1) is 0 Å². The Morgan fingerprint density at radius 3 is 2.67 bits per heavy atom. The largest absolute Gasteiger partial charge is 0.507 e. The van der Waals surface area contributed by atoms with Gasteiger partial charge in [0.15, 0.2) is 11.5 Å². The molecule has 1 aliphatic rings. The molecule has 1 aromatic rings. The van der Waals surface area contributed by atoms with E-state index < -0.39 is 0 Å². The highest BCUT2D eigenvalue weighted by Gasteiger charge is 2.15. The van der Waals surface area contributed by atoms with Crippen molar-refractivity contribution < 1.29 is 14.6 Å². The van der Waals surface area contributed by atoms with Crippen LogP contribution >= 0.6 is 15.9 Å². The smallest absolute Gasteiger partial charge is 0.231 e.